The van der Waals surface area contributed by atoms with Crippen molar-refractivity contribution >= 4 is 15.9 Å². The Morgan fingerprint density at radius 1 is 1.07 bits per heavy atom. The summed E-state index contributed by atoms with van der Waals surface area (Å²) in [5.41, 5.74) is 0.536. The first-order valence-corrected chi connectivity index (χ1v) is 11.6. The van der Waals surface area contributed by atoms with Gasteiger partial charge in [0.1, 0.15) is 5.54 Å². The number of hydrogen-bond donors (Lipinski definition) is 3. The zero-order valence-corrected chi connectivity index (χ0v) is 17.0. The lowest BCUT2D eigenvalue weighted by atomic mass is 9.79. The molecule has 1 aromatic rings. The Morgan fingerprint density at radius 2 is 1.74 bits per heavy atom. The SMILES string of the molecule is CNS(=O)(=O)c1cccc(C(=O)NCC2([NH+]3CCCCC3)CCCCC2)c1. The van der Waals surface area contributed by atoms with E-state index >= 15 is 0 Å². The normalized spacial score (nSPS) is 20.9. The van der Waals surface area contributed by atoms with Crippen molar-refractivity contribution in [3.05, 3.63) is 29.8 Å². The van der Waals surface area contributed by atoms with Gasteiger partial charge in [0.05, 0.1) is 24.5 Å². The van der Waals surface area contributed by atoms with E-state index in [0.29, 0.717) is 12.1 Å². The van der Waals surface area contributed by atoms with Crippen LogP contribution in [0.15, 0.2) is 29.2 Å². The molecule has 0 aromatic heterocycles. The summed E-state index contributed by atoms with van der Waals surface area (Å²) in [6, 6.07) is 6.24. The summed E-state index contributed by atoms with van der Waals surface area (Å²) in [6.07, 6.45) is 9.94. The lowest BCUT2D eigenvalue weighted by Gasteiger charge is -2.45. The second-order valence-electron chi connectivity index (χ2n) is 7.92. The van der Waals surface area contributed by atoms with Crippen molar-refractivity contribution in [2.45, 2.75) is 61.8 Å². The van der Waals surface area contributed by atoms with Gasteiger partial charge in [-0.15, -0.1) is 0 Å². The molecule has 0 bridgehead atoms. The number of quaternary nitrogens is 1. The highest BCUT2D eigenvalue weighted by atomic mass is 32.2. The molecule has 27 heavy (non-hydrogen) atoms. The van der Waals surface area contributed by atoms with Gasteiger partial charge < -0.3 is 10.2 Å². The fourth-order valence-electron chi connectivity index (χ4n) is 4.67. The maximum absolute atomic E-state index is 12.7. The zero-order chi connectivity index (χ0) is 19.3. The van der Waals surface area contributed by atoms with Crippen LogP contribution in [0.5, 0.6) is 0 Å². The van der Waals surface area contributed by atoms with Crippen LogP contribution in [0.2, 0.25) is 0 Å². The molecule has 1 aliphatic heterocycles. The molecule has 1 saturated carbocycles. The van der Waals surface area contributed by atoms with Crippen molar-refractivity contribution in [2.75, 3.05) is 26.7 Å². The van der Waals surface area contributed by atoms with Gasteiger partial charge in [-0.2, -0.15) is 0 Å². The van der Waals surface area contributed by atoms with Crippen LogP contribution in [-0.4, -0.2) is 46.5 Å². The molecule has 0 unspecified atom stereocenters. The molecule has 2 fully saturated rings. The number of sulfonamides is 1. The fraction of sp³-hybridized carbons (Fsp3) is 0.650. The van der Waals surface area contributed by atoms with Gasteiger partial charge in [0, 0.05) is 18.4 Å². The Balaban J connectivity index is 1.72. The number of amides is 1. The second kappa shape index (κ2) is 8.71. The average Bonchev–Trinajstić information content (AvgIpc) is 2.73. The molecule has 1 heterocycles. The number of benzene rings is 1. The predicted octanol–water partition coefficient (Wildman–Crippen LogP) is 1.10. The average molecular weight is 395 g/mol. The van der Waals surface area contributed by atoms with Gasteiger partial charge in [0.25, 0.3) is 5.91 Å². The Labute approximate surface area is 162 Å². The topological polar surface area (TPSA) is 79.7 Å². The third kappa shape index (κ3) is 4.70. The van der Waals surface area contributed by atoms with E-state index in [1.165, 1.54) is 70.8 Å². The molecule has 1 saturated heterocycles. The van der Waals surface area contributed by atoms with Crippen LogP contribution < -0.4 is 14.9 Å². The highest BCUT2D eigenvalue weighted by molar-refractivity contribution is 7.89. The van der Waals surface area contributed by atoms with E-state index in [-0.39, 0.29) is 16.3 Å². The molecule has 1 amide bonds. The van der Waals surface area contributed by atoms with Crippen LogP contribution in [0, 0.1) is 0 Å². The maximum Gasteiger partial charge on any atom is 0.251 e. The van der Waals surface area contributed by atoms with Gasteiger partial charge in [-0.1, -0.05) is 12.5 Å². The Hall–Kier alpha value is -1.44. The van der Waals surface area contributed by atoms with Gasteiger partial charge in [0.2, 0.25) is 10.0 Å². The summed E-state index contributed by atoms with van der Waals surface area (Å²) in [6.45, 7) is 3.07. The highest BCUT2D eigenvalue weighted by Gasteiger charge is 2.42. The summed E-state index contributed by atoms with van der Waals surface area (Å²) < 4.78 is 26.3. The number of hydrogen-bond acceptors (Lipinski definition) is 3. The molecular weight excluding hydrogens is 362 g/mol. The molecule has 7 heteroatoms. The van der Waals surface area contributed by atoms with Crippen LogP contribution >= 0.6 is 0 Å². The van der Waals surface area contributed by atoms with Gasteiger partial charge in [-0.3, -0.25) is 4.79 Å². The third-order valence-corrected chi connectivity index (χ3v) is 7.69. The standard InChI is InChI=1S/C20H31N3O3S/c1-21-27(25,26)18-10-8-9-17(15-18)19(24)22-16-20(11-4-2-5-12-20)23-13-6-3-7-14-23/h8-10,15,21H,2-7,11-14,16H2,1H3,(H,22,24)/p+1. The Morgan fingerprint density at radius 3 is 2.41 bits per heavy atom. The van der Waals surface area contributed by atoms with Crippen molar-refractivity contribution in [3.63, 3.8) is 0 Å². The second-order valence-corrected chi connectivity index (χ2v) is 9.81. The Kier molecular flexibility index (Phi) is 6.55. The molecule has 1 aromatic carbocycles. The first-order valence-electron chi connectivity index (χ1n) is 10.1. The zero-order valence-electron chi connectivity index (χ0n) is 16.2. The molecule has 3 N–H and O–H groups in total. The van der Waals surface area contributed by atoms with E-state index in [1.54, 1.807) is 17.0 Å². The molecule has 6 nitrogen and oxygen atoms in total. The van der Waals surface area contributed by atoms with E-state index in [4.69, 9.17) is 0 Å². The number of piperidine rings is 1. The smallest absolute Gasteiger partial charge is 0.251 e. The summed E-state index contributed by atoms with van der Waals surface area (Å²) in [4.78, 5) is 14.5. The number of carbonyl (C=O) groups excluding carboxylic acids is 1. The van der Waals surface area contributed by atoms with Crippen LogP contribution in [0.3, 0.4) is 0 Å². The molecule has 150 valence electrons. The molecule has 2 aliphatic rings. The lowest BCUT2D eigenvalue weighted by molar-refractivity contribution is -0.957. The minimum absolute atomic E-state index is 0.117. The van der Waals surface area contributed by atoms with E-state index in [1.807, 2.05) is 0 Å². The number of carbonyl (C=O) groups is 1. The highest BCUT2D eigenvalue weighted by Crippen LogP contribution is 2.26. The number of rotatable bonds is 6. The molecular formula is C20H32N3O3S+. The van der Waals surface area contributed by atoms with Gasteiger partial charge in [-0.05, 0) is 57.4 Å². The van der Waals surface area contributed by atoms with Crippen molar-refractivity contribution in [1.29, 1.82) is 0 Å². The van der Waals surface area contributed by atoms with Crippen LogP contribution in [0.4, 0.5) is 0 Å². The molecule has 0 radical (unpaired) electrons. The van der Waals surface area contributed by atoms with Crippen molar-refractivity contribution in [3.8, 4) is 0 Å². The van der Waals surface area contributed by atoms with Crippen molar-refractivity contribution in [2.24, 2.45) is 0 Å². The summed E-state index contributed by atoms with van der Waals surface area (Å²) >= 11 is 0. The lowest BCUT2D eigenvalue weighted by Crippen LogP contribution is -3.22. The first-order chi connectivity index (χ1) is 13.0. The predicted molar refractivity (Wildman–Crippen MR) is 105 cm³/mol. The fourth-order valence-corrected chi connectivity index (χ4v) is 5.44. The maximum atomic E-state index is 12.7. The Bertz CT molecular complexity index is 751. The minimum Gasteiger partial charge on any atom is -0.346 e. The van der Waals surface area contributed by atoms with Crippen LogP contribution in [0.25, 0.3) is 0 Å². The van der Waals surface area contributed by atoms with Crippen molar-refractivity contribution in [1.82, 2.24) is 10.0 Å². The monoisotopic (exact) mass is 394 g/mol. The van der Waals surface area contributed by atoms with Crippen LogP contribution in [-0.2, 0) is 10.0 Å². The minimum atomic E-state index is -3.55. The van der Waals surface area contributed by atoms with E-state index in [9.17, 15) is 13.2 Å². The summed E-state index contributed by atoms with van der Waals surface area (Å²) in [5, 5.41) is 3.13. The van der Waals surface area contributed by atoms with Gasteiger partial charge in [0.15, 0.2) is 0 Å². The molecule has 0 spiro atoms. The number of nitrogens with one attached hydrogen (secondary N) is 3. The van der Waals surface area contributed by atoms with E-state index in [2.05, 4.69) is 10.0 Å². The first kappa shape index (κ1) is 20.3. The quantitative estimate of drug-likeness (QED) is 0.676. The summed E-state index contributed by atoms with van der Waals surface area (Å²) in [7, 11) is -2.18. The van der Waals surface area contributed by atoms with Crippen LogP contribution in [0.1, 0.15) is 61.7 Å². The molecule has 1 aliphatic carbocycles. The molecule has 3 rings (SSSR count). The van der Waals surface area contributed by atoms with Gasteiger partial charge in [-0.25, -0.2) is 13.1 Å². The number of likely N-dealkylation sites (tertiary alicyclic amines) is 1. The summed E-state index contributed by atoms with van der Waals surface area (Å²) in [5.74, 6) is -0.190. The largest absolute Gasteiger partial charge is 0.346 e. The van der Waals surface area contributed by atoms with E-state index < -0.39 is 10.0 Å². The third-order valence-electron chi connectivity index (χ3n) is 6.28. The van der Waals surface area contributed by atoms with E-state index in [0.717, 1.165) is 12.8 Å². The van der Waals surface area contributed by atoms with Gasteiger partial charge >= 0.3 is 0 Å². The van der Waals surface area contributed by atoms with Crippen molar-refractivity contribution < 1.29 is 18.1 Å². The molecule has 0 atom stereocenters.